The number of guanidine groups is 1. The molecule has 6 heteroatoms. The molecule has 3 aromatic carbocycles. The molecule has 0 aliphatic carbocycles. The van der Waals surface area contributed by atoms with E-state index in [-0.39, 0.29) is 11.9 Å². The number of nitrogens with zero attached hydrogens (tertiary/aromatic N) is 2. The van der Waals surface area contributed by atoms with Crippen LogP contribution in [-0.2, 0) is 10.3 Å². The second-order valence-corrected chi connectivity index (χ2v) is 6.49. The van der Waals surface area contributed by atoms with Crippen LogP contribution in [0, 0.1) is 0 Å². The lowest BCUT2D eigenvalue weighted by atomic mass is 9.83. The molecule has 2 N–H and O–H groups in total. The number of aliphatic imine (C=N–C) groups is 1. The molecule has 5 rings (SSSR count). The van der Waals surface area contributed by atoms with Crippen molar-refractivity contribution in [2.24, 2.45) is 4.99 Å². The molecule has 1 fully saturated rings. The van der Waals surface area contributed by atoms with E-state index in [0.29, 0.717) is 17.1 Å². The predicted octanol–water partition coefficient (Wildman–Crippen LogP) is 3.48. The number of para-hydroxylation sites is 2. The molecule has 0 spiro atoms. The van der Waals surface area contributed by atoms with Crippen LogP contribution in [-0.4, -0.2) is 16.9 Å². The number of aromatic nitrogens is 1. The Labute approximate surface area is 160 Å². The molecule has 1 saturated heterocycles. The Morgan fingerprint density at radius 1 is 0.821 bits per heavy atom. The Morgan fingerprint density at radius 2 is 1.43 bits per heavy atom. The smallest absolute Gasteiger partial charge is 0.325 e. The lowest BCUT2D eigenvalue weighted by Gasteiger charge is -2.27. The highest BCUT2D eigenvalue weighted by Gasteiger charge is 2.48. The van der Waals surface area contributed by atoms with Crippen molar-refractivity contribution in [2.45, 2.75) is 5.54 Å². The van der Waals surface area contributed by atoms with Gasteiger partial charge in [0.25, 0.3) is 5.91 Å². The number of benzene rings is 3. The summed E-state index contributed by atoms with van der Waals surface area (Å²) >= 11 is 0. The molecule has 2 heterocycles. The number of nitrogens with one attached hydrogen (secondary N) is 2. The summed E-state index contributed by atoms with van der Waals surface area (Å²) in [4.78, 5) is 21.9. The average molecular weight is 368 g/mol. The van der Waals surface area contributed by atoms with Crippen molar-refractivity contribution in [3.8, 4) is 0 Å². The molecule has 136 valence electrons. The maximum atomic E-state index is 13.2. The Kier molecular flexibility index (Phi) is 3.69. The van der Waals surface area contributed by atoms with Crippen LogP contribution in [0.25, 0.3) is 11.1 Å². The summed E-state index contributed by atoms with van der Waals surface area (Å²) in [5.41, 5.74) is 1.92. The van der Waals surface area contributed by atoms with Crippen LogP contribution in [0.5, 0.6) is 0 Å². The van der Waals surface area contributed by atoms with Crippen LogP contribution in [0.1, 0.15) is 11.1 Å². The van der Waals surface area contributed by atoms with Gasteiger partial charge in [-0.3, -0.25) is 10.1 Å². The largest absolute Gasteiger partial charge is 0.422 e. The molecular formula is C22H16N4O2. The van der Waals surface area contributed by atoms with E-state index in [9.17, 15) is 4.79 Å². The van der Waals surface area contributed by atoms with Crippen LogP contribution < -0.4 is 10.6 Å². The minimum atomic E-state index is -1.08. The third kappa shape index (κ3) is 2.54. The Balaban J connectivity index is 1.60. The summed E-state index contributed by atoms with van der Waals surface area (Å²) in [6, 6.07) is 26.8. The van der Waals surface area contributed by atoms with Gasteiger partial charge in [-0.25, -0.2) is 0 Å². The molecule has 0 bridgehead atoms. The molecule has 1 amide bonds. The van der Waals surface area contributed by atoms with Gasteiger partial charge in [0.2, 0.25) is 5.96 Å². The van der Waals surface area contributed by atoms with Gasteiger partial charge in [0.1, 0.15) is 5.52 Å². The maximum Gasteiger partial charge on any atom is 0.325 e. The summed E-state index contributed by atoms with van der Waals surface area (Å²) in [7, 11) is 0. The van der Waals surface area contributed by atoms with Gasteiger partial charge in [-0.1, -0.05) is 72.8 Å². The molecule has 0 atom stereocenters. The van der Waals surface area contributed by atoms with Gasteiger partial charge >= 0.3 is 6.01 Å². The second kappa shape index (κ2) is 6.35. The van der Waals surface area contributed by atoms with Crippen molar-refractivity contribution >= 4 is 29.0 Å². The van der Waals surface area contributed by atoms with Crippen LogP contribution in [0.15, 0.2) is 94.3 Å². The first kappa shape index (κ1) is 16.3. The number of fused-ring (bicyclic) bond motifs is 1. The second-order valence-electron chi connectivity index (χ2n) is 6.49. The molecule has 1 aliphatic rings. The average Bonchev–Trinajstić information content (AvgIpc) is 3.30. The van der Waals surface area contributed by atoms with Crippen LogP contribution in [0.3, 0.4) is 0 Å². The molecular weight excluding hydrogens is 352 g/mol. The van der Waals surface area contributed by atoms with E-state index in [1.807, 2.05) is 84.9 Å². The van der Waals surface area contributed by atoms with E-state index >= 15 is 0 Å². The van der Waals surface area contributed by atoms with Gasteiger partial charge in [0, 0.05) is 0 Å². The third-order valence-electron chi connectivity index (χ3n) is 4.78. The monoisotopic (exact) mass is 368 g/mol. The van der Waals surface area contributed by atoms with Gasteiger partial charge in [-0.15, -0.1) is 0 Å². The number of carbonyl (C=O) groups is 1. The SMILES string of the molecule is O=C1NC(=Nc2nc3ccccc3o2)NC1(c1ccccc1)c1ccccc1. The highest BCUT2D eigenvalue weighted by molar-refractivity contribution is 6.11. The third-order valence-corrected chi connectivity index (χ3v) is 4.78. The van der Waals surface area contributed by atoms with E-state index in [1.54, 1.807) is 0 Å². The lowest BCUT2D eigenvalue weighted by Crippen LogP contribution is -2.44. The fourth-order valence-corrected chi connectivity index (χ4v) is 3.48. The zero-order valence-electron chi connectivity index (χ0n) is 14.8. The zero-order valence-corrected chi connectivity index (χ0v) is 14.8. The first-order valence-electron chi connectivity index (χ1n) is 8.91. The first-order chi connectivity index (χ1) is 13.8. The van der Waals surface area contributed by atoms with Gasteiger partial charge < -0.3 is 9.73 Å². The van der Waals surface area contributed by atoms with Crippen molar-refractivity contribution in [1.29, 1.82) is 0 Å². The first-order valence-corrected chi connectivity index (χ1v) is 8.91. The number of carbonyl (C=O) groups excluding carboxylic acids is 1. The van der Waals surface area contributed by atoms with E-state index in [1.165, 1.54) is 0 Å². The van der Waals surface area contributed by atoms with E-state index < -0.39 is 5.54 Å². The fourth-order valence-electron chi connectivity index (χ4n) is 3.48. The number of oxazole rings is 1. The molecule has 6 nitrogen and oxygen atoms in total. The van der Waals surface area contributed by atoms with E-state index in [4.69, 9.17) is 4.42 Å². The summed E-state index contributed by atoms with van der Waals surface area (Å²) in [5.74, 6) is 0.0871. The predicted molar refractivity (Wildman–Crippen MR) is 106 cm³/mol. The Hall–Kier alpha value is -3.93. The van der Waals surface area contributed by atoms with Gasteiger partial charge in [0.15, 0.2) is 11.1 Å². The molecule has 0 unspecified atom stereocenters. The summed E-state index contributed by atoms with van der Waals surface area (Å²) in [6.07, 6.45) is 0. The van der Waals surface area contributed by atoms with Crippen molar-refractivity contribution in [2.75, 3.05) is 0 Å². The van der Waals surface area contributed by atoms with Crippen molar-refractivity contribution in [3.05, 3.63) is 96.1 Å². The highest BCUT2D eigenvalue weighted by Crippen LogP contribution is 2.33. The van der Waals surface area contributed by atoms with Crippen LogP contribution >= 0.6 is 0 Å². The topological polar surface area (TPSA) is 79.5 Å². The van der Waals surface area contributed by atoms with Crippen LogP contribution in [0.2, 0.25) is 0 Å². The normalized spacial score (nSPS) is 16.9. The molecule has 1 aliphatic heterocycles. The van der Waals surface area contributed by atoms with Crippen LogP contribution in [0.4, 0.5) is 6.01 Å². The van der Waals surface area contributed by atoms with Crippen molar-refractivity contribution < 1.29 is 9.21 Å². The molecule has 28 heavy (non-hydrogen) atoms. The number of amides is 1. The Bertz CT molecular complexity index is 1110. The fraction of sp³-hybridized carbons (Fsp3) is 0.0455. The maximum absolute atomic E-state index is 13.2. The minimum absolute atomic E-state index is 0.181. The summed E-state index contributed by atoms with van der Waals surface area (Å²) in [6.45, 7) is 0. The summed E-state index contributed by atoms with van der Waals surface area (Å²) in [5, 5.41) is 6.10. The Morgan fingerprint density at radius 3 is 2.07 bits per heavy atom. The summed E-state index contributed by atoms with van der Waals surface area (Å²) < 4.78 is 5.65. The van der Waals surface area contributed by atoms with Gasteiger partial charge in [-0.05, 0) is 23.3 Å². The van der Waals surface area contributed by atoms with E-state index in [2.05, 4.69) is 20.6 Å². The number of hydrogen-bond acceptors (Lipinski definition) is 4. The van der Waals surface area contributed by atoms with Crippen molar-refractivity contribution in [3.63, 3.8) is 0 Å². The van der Waals surface area contributed by atoms with Gasteiger partial charge in [-0.2, -0.15) is 9.98 Å². The van der Waals surface area contributed by atoms with E-state index in [0.717, 1.165) is 11.1 Å². The highest BCUT2D eigenvalue weighted by atomic mass is 16.4. The van der Waals surface area contributed by atoms with Gasteiger partial charge in [0.05, 0.1) is 0 Å². The molecule has 0 saturated carbocycles. The minimum Gasteiger partial charge on any atom is -0.422 e. The molecule has 0 radical (unpaired) electrons. The molecule has 1 aromatic heterocycles. The number of hydrogen-bond donors (Lipinski definition) is 2. The lowest BCUT2D eigenvalue weighted by molar-refractivity contribution is -0.122. The van der Waals surface area contributed by atoms with Crippen molar-refractivity contribution in [1.82, 2.24) is 15.6 Å². The quantitative estimate of drug-likeness (QED) is 0.580. The standard InChI is InChI=1S/C22H16N4O2/c27-19-22(15-9-3-1-4-10-15,16-11-5-2-6-12-16)26-20(24-19)25-21-23-17-13-7-8-14-18(17)28-21/h1-14H,(H2,23,24,25,26,27). The zero-order chi connectivity index (χ0) is 19.0. The molecule has 4 aromatic rings. The number of rotatable bonds is 3.